The molecule has 0 spiro atoms. The molecule has 0 aromatic heterocycles. The van der Waals surface area contributed by atoms with Crippen molar-refractivity contribution < 1.29 is 9.53 Å². The number of hydrogen-bond acceptors (Lipinski definition) is 3. The summed E-state index contributed by atoms with van der Waals surface area (Å²) >= 11 is 0. The Morgan fingerprint density at radius 3 is 2.68 bits per heavy atom. The zero-order valence-corrected chi connectivity index (χ0v) is 12.3. The molecule has 0 atom stereocenters. The largest absolute Gasteiger partial charge is 0.398 e. The number of nitrogens with zero attached hydrogens (tertiary/aromatic N) is 1. The fourth-order valence-corrected chi connectivity index (χ4v) is 1.97. The lowest BCUT2D eigenvalue weighted by Crippen LogP contribution is -2.37. The van der Waals surface area contributed by atoms with Crippen molar-refractivity contribution in [3.8, 4) is 0 Å². The standard InChI is InChI=1S/C15H24N2O2/c1-11(2)10-17(8-9-19-4)15(18)13-6-5-7-14(16)12(13)3/h5-7,11H,8-10,16H2,1-4H3. The summed E-state index contributed by atoms with van der Waals surface area (Å²) < 4.78 is 5.08. The number of benzene rings is 1. The minimum atomic E-state index is 0.0237. The second-order valence-electron chi connectivity index (χ2n) is 5.16. The molecule has 1 amide bonds. The van der Waals surface area contributed by atoms with Crippen LogP contribution in [0.2, 0.25) is 0 Å². The predicted octanol–water partition coefficient (Wildman–Crippen LogP) is 2.32. The number of methoxy groups -OCH3 is 1. The zero-order valence-electron chi connectivity index (χ0n) is 12.3. The number of nitrogens with two attached hydrogens (primary N) is 1. The van der Waals surface area contributed by atoms with Crippen LogP contribution in [-0.4, -0.2) is 37.6 Å². The third-order valence-corrected chi connectivity index (χ3v) is 3.04. The molecule has 19 heavy (non-hydrogen) atoms. The van der Waals surface area contributed by atoms with Gasteiger partial charge in [-0.15, -0.1) is 0 Å². The highest BCUT2D eigenvalue weighted by Gasteiger charge is 2.19. The summed E-state index contributed by atoms with van der Waals surface area (Å²) in [5.74, 6) is 0.442. The van der Waals surface area contributed by atoms with E-state index in [1.165, 1.54) is 0 Å². The predicted molar refractivity (Wildman–Crippen MR) is 78.2 cm³/mol. The zero-order chi connectivity index (χ0) is 14.4. The molecule has 0 bridgehead atoms. The minimum absolute atomic E-state index is 0.0237. The van der Waals surface area contributed by atoms with Gasteiger partial charge in [-0.05, 0) is 30.5 Å². The SMILES string of the molecule is COCCN(CC(C)C)C(=O)c1cccc(N)c1C. The molecule has 0 aliphatic carbocycles. The lowest BCUT2D eigenvalue weighted by Gasteiger charge is -2.25. The van der Waals surface area contributed by atoms with Gasteiger partial charge in [0.15, 0.2) is 0 Å². The summed E-state index contributed by atoms with van der Waals surface area (Å²) in [7, 11) is 1.64. The second kappa shape index (κ2) is 7.14. The molecule has 0 saturated heterocycles. The molecule has 0 fully saturated rings. The van der Waals surface area contributed by atoms with Crippen molar-refractivity contribution in [2.24, 2.45) is 5.92 Å². The van der Waals surface area contributed by atoms with Crippen LogP contribution in [0, 0.1) is 12.8 Å². The number of nitrogen functional groups attached to an aromatic ring is 1. The van der Waals surface area contributed by atoms with E-state index >= 15 is 0 Å². The number of carbonyl (C=O) groups is 1. The third-order valence-electron chi connectivity index (χ3n) is 3.04. The lowest BCUT2D eigenvalue weighted by atomic mass is 10.0. The maximum atomic E-state index is 12.6. The molecule has 4 nitrogen and oxygen atoms in total. The molecule has 0 unspecified atom stereocenters. The van der Waals surface area contributed by atoms with Crippen LogP contribution in [0.5, 0.6) is 0 Å². The molecule has 4 heteroatoms. The van der Waals surface area contributed by atoms with Crippen LogP contribution < -0.4 is 5.73 Å². The Hall–Kier alpha value is -1.55. The van der Waals surface area contributed by atoms with Crippen LogP contribution in [0.4, 0.5) is 5.69 Å². The highest BCUT2D eigenvalue weighted by Crippen LogP contribution is 2.18. The van der Waals surface area contributed by atoms with Gasteiger partial charge < -0.3 is 15.4 Å². The fourth-order valence-electron chi connectivity index (χ4n) is 1.97. The van der Waals surface area contributed by atoms with Crippen molar-refractivity contribution in [3.05, 3.63) is 29.3 Å². The highest BCUT2D eigenvalue weighted by molar-refractivity contribution is 5.96. The van der Waals surface area contributed by atoms with Crippen molar-refractivity contribution in [1.82, 2.24) is 4.90 Å². The van der Waals surface area contributed by atoms with E-state index in [9.17, 15) is 4.79 Å². The number of carbonyl (C=O) groups excluding carboxylic acids is 1. The molecule has 0 aliphatic rings. The van der Waals surface area contributed by atoms with E-state index in [0.29, 0.717) is 30.3 Å². The molecule has 0 aliphatic heterocycles. The van der Waals surface area contributed by atoms with Gasteiger partial charge in [0.1, 0.15) is 0 Å². The Kier molecular flexibility index (Phi) is 5.83. The van der Waals surface area contributed by atoms with Gasteiger partial charge >= 0.3 is 0 Å². The molecular weight excluding hydrogens is 240 g/mol. The lowest BCUT2D eigenvalue weighted by molar-refractivity contribution is 0.0671. The molecule has 1 aromatic carbocycles. The van der Waals surface area contributed by atoms with Crippen LogP contribution in [0.15, 0.2) is 18.2 Å². The number of ether oxygens (including phenoxy) is 1. The summed E-state index contributed by atoms with van der Waals surface area (Å²) in [5, 5.41) is 0. The van der Waals surface area contributed by atoms with E-state index in [4.69, 9.17) is 10.5 Å². The molecule has 2 N–H and O–H groups in total. The molecule has 0 radical (unpaired) electrons. The molecule has 0 saturated carbocycles. The Balaban J connectivity index is 2.94. The first-order chi connectivity index (χ1) is 8.97. The van der Waals surface area contributed by atoms with E-state index in [1.54, 1.807) is 7.11 Å². The second-order valence-corrected chi connectivity index (χ2v) is 5.16. The van der Waals surface area contributed by atoms with E-state index in [-0.39, 0.29) is 5.91 Å². The highest BCUT2D eigenvalue weighted by atomic mass is 16.5. The molecule has 106 valence electrons. The van der Waals surface area contributed by atoms with Gasteiger partial charge in [0, 0.05) is 31.5 Å². The Morgan fingerprint density at radius 2 is 2.11 bits per heavy atom. The monoisotopic (exact) mass is 264 g/mol. The number of hydrogen-bond donors (Lipinski definition) is 1. The Morgan fingerprint density at radius 1 is 1.42 bits per heavy atom. The van der Waals surface area contributed by atoms with Crippen molar-refractivity contribution in [2.45, 2.75) is 20.8 Å². The van der Waals surface area contributed by atoms with Crippen LogP contribution in [-0.2, 0) is 4.74 Å². The van der Waals surface area contributed by atoms with Crippen molar-refractivity contribution in [2.75, 3.05) is 32.5 Å². The summed E-state index contributed by atoms with van der Waals surface area (Å²) in [6, 6.07) is 5.46. The average molecular weight is 264 g/mol. The molecule has 1 aromatic rings. The molecule has 0 heterocycles. The van der Waals surface area contributed by atoms with Gasteiger partial charge in [-0.3, -0.25) is 4.79 Å². The van der Waals surface area contributed by atoms with Crippen LogP contribution in [0.1, 0.15) is 29.8 Å². The normalized spacial score (nSPS) is 10.8. The van der Waals surface area contributed by atoms with Crippen LogP contribution in [0.25, 0.3) is 0 Å². The van der Waals surface area contributed by atoms with Crippen molar-refractivity contribution >= 4 is 11.6 Å². The van der Waals surface area contributed by atoms with E-state index in [1.807, 2.05) is 30.0 Å². The van der Waals surface area contributed by atoms with Crippen molar-refractivity contribution in [3.63, 3.8) is 0 Å². The molecular formula is C15H24N2O2. The van der Waals surface area contributed by atoms with Gasteiger partial charge in [-0.2, -0.15) is 0 Å². The maximum Gasteiger partial charge on any atom is 0.254 e. The van der Waals surface area contributed by atoms with Crippen molar-refractivity contribution in [1.29, 1.82) is 0 Å². The summed E-state index contributed by atoms with van der Waals surface area (Å²) in [6.07, 6.45) is 0. The Labute approximate surface area is 115 Å². The van der Waals surface area contributed by atoms with Gasteiger partial charge in [0.2, 0.25) is 0 Å². The number of rotatable bonds is 6. The van der Waals surface area contributed by atoms with E-state index < -0.39 is 0 Å². The van der Waals surface area contributed by atoms with Crippen LogP contribution >= 0.6 is 0 Å². The minimum Gasteiger partial charge on any atom is -0.398 e. The topological polar surface area (TPSA) is 55.6 Å². The van der Waals surface area contributed by atoms with Gasteiger partial charge in [0.05, 0.1) is 6.61 Å². The average Bonchev–Trinajstić information content (AvgIpc) is 2.36. The summed E-state index contributed by atoms with van der Waals surface area (Å²) in [6.45, 7) is 7.93. The molecule has 1 rings (SSSR count). The summed E-state index contributed by atoms with van der Waals surface area (Å²) in [4.78, 5) is 14.4. The Bertz CT molecular complexity index is 430. The van der Waals surface area contributed by atoms with E-state index in [0.717, 1.165) is 12.1 Å². The third kappa shape index (κ3) is 4.24. The fraction of sp³-hybridized carbons (Fsp3) is 0.533. The maximum absolute atomic E-state index is 12.6. The first-order valence-corrected chi connectivity index (χ1v) is 6.60. The smallest absolute Gasteiger partial charge is 0.254 e. The first-order valence-electron chi connectivity index (χ1n) is 6.60. The number of amides is 1. The van der Waals surface area contributed by atoms with Gasteiger partial charge in [-0.1, -0.05) is 19.9 Å². The van der Waals surface area contributed by atoms with Gasteiger partial charge in [0.25, 0.3) is 5.91 Å². The van der Waals surface area contributed by atoms with Gasteiger partial charge in [-0.25, -0.2) is 0 Å². The summed E-state index contributed by atoms with van der Waals surface area (Å²) in [5.41, 5.74) is 8.04. The van der Waals surface area contributed by atoms with E-state index in [2.05, 4.69) is 13.8 Å². The first kappa shape index (κ1) is 15.5. The quantitative estimate of drug-likeness (QED) is 0.802. The number of anilines is 1. The van der Waals surface area contributed by atoms with Crippen LogP contribution in [0.3, 0.4) is 0 Å².